The van der Waals surface area contributed by atoms with E-state index in [0.29, 0.717) is 0 Å². The fourth-order valence-electron chi connectivity index (χ4n) is 1.40. The maximum absolute atomic E-state index is 13.8. The van der Waals surface area contributed by atoms with Crippen molar-refractivity contribution in [2.24, 2.45) is 0 Å². The van der Waals surface area contributed by atoms with E-state index in [9.17, 15) is 14.0 Å². The van der Waals surface area contributed by atoms with Gasteiger partial charge in [-0.05, 0) is 55.8 Å². The molecule has 0 saturated carbocycles. The van der Waals surface area contributed by atoms with Crippen LogP contribution in [0.2, 0.25) is 0 Å². The van der Waals surface area contributed by atoms with E-state index >= 15 is 0 Å². The quantitative estimate of drug-likeness (QED) is 0.856. The lowest BCUT2D eigenvalue weighted by atomic mass is 10.1. The number of halogens is 2. The van der Waals surface area contributed by atoms with Gasteiger partial charge in [0.25, 0.3) is 5.91 Å². The Labute approximate surface area is 125 Å². The molecule has 0 unspecified atom stereocenters. The monoisotopic (exact) mass is 345 g/mol. The van der Waals surface area contributed by atoms with Gasteiger partial charge in [-0.25, -0.2) is 9.18 Å². The van der Waals surface area contributed by atoms with E-state index in [0.717, 1.165) is 0 Å². The van der Waals surface area contributed by atoms with E-state index in [4.69, 9.17) is 4.74 Å². The van der Waals surface area contributed by atoms with Crippen LogP contribution in [0.3, 0.4) is 0 Å². The van der Waals surface area contributed by atoms with Crippen LogP contribution >= 0.6 is 15.9 Å². The first-order valence-corrected chi connectivity index (χ1v) is 6.89. The topological polar surface area (TPSA) is 55.4 Å². The maximum Gasteiger partial charge on any atom is 0.328 e. The van der Waals surface area contributed by atoms with Crippen LogP contribution < -0.4 is 5.32 Å². The molecule has 1 atom stereocenters. The predicted molar refractivity (Wildman–Crippen MR) is 76.9 cm³/mol. The van der Waals surface area contributed by atoms with Gasteiger partial charge < -0.3 is 10.1 Å². The number of amides is 1. The number of carbonyl (C=O) groups excluding carboxylic acids is 2. The highest BCUT2D eigenvalue weighted by molar-refractivity contribution is 9.10. The van der Waals surface area contributed by atoms with Crippen LogP contribution in [0.5, 0.6) is 0 Å². The molecule has 0 radical (unpaired) electrons. The van der Waals surface area contributed by atoms with Gasteiger partial charge in [0.2, 0.25) is 0 Å². The standard InChI is InChI=1S/C14H17BrFNO3/c1-8(13(19)20-14(2,3)4)17-12(18)9-6-5-7-10(15)11(9)16/h5-8H,1-4H3,(H,17,18)/t8-/m0/s1. The van der Waals surface area contributed by atoms with Gasteiger partial charge in [-0.1, -0.05) is 6.07 Å². The van der Waals surface area contributed by atoms with Crippen LogP contribution in [0.15, 0.2) is 22.7 Å². The molecule has 0 aromatic heterocycles. The molecule has 110 valence electrons. The van der Waals surface area contributed by atoms with Crippen LogP contribution in [0.25, 0.3) is 0 Å². The normalized spacial score (nSPS) is 12.7. The van der Waals surface area contributed by atoms with Crippen molar-refractivity contribution < 1.29 is 18.7 Å². The average molecular weight is 346 g/mol. The van der Waals surface area contributed by atoms with E-state index in [1.807, 2.05) is 0 Å². The van der Waals surface area contributed by atoms with Crippen molar-refractivity contribution in [2.75, 3.05) is 0 Å². The molecule has 0 aliphatic carbocycles. The first-order valence-electron chi connectivity index (χ1n) is 6.09. The molecule has 0 aliphatic heterocycles. The third kappa shape index (κ3) is 4.59. The van der Waals surface area contributed by atoms with Crippen LogP contribution in [-0.2, 0) is 9.53 Å². The molecular formula is C14H17BrFNO3. The third-order valence-electron chi connectivity index (χ3n) is 2.30. The fourth-order valence-corrected chi connectivity index (χ4v) is 1.77. The van der Waals surface area contributed by atoms with Gasteiger partial charge in [-0.3, -0.25) is 4.79 Å². The minimum Gasteiger partial charge on any atom is -0.458 e. The molecule has 1 rings (SSSR count). The molecule has 1 aromatic rings. The molecule has 4 nitrogen and oxygen atoms in total. The summed E-state index contributed by atoms with van der Waals surface area (Å²) in [4.78, 5) is 23.7. The molecule has 1 N–H and O–H groups in total. The lowest BCUT2D eigenvalue weighted by Crippen LogP contribution is -2.42. The lowest BCUT2D eigenvalue weighted by molar-refractivity contribution is -0.156. The Bertz CT molecular complexity index is 526. The van der Waals surface area contributed by atoms with Crippen LogP contribution in [0.1, 0.15) is 38.1 Å². The van der Waals surface area contributed by atoms with Gasteiger partial charge in [0.15, 0.2) is 0 Å². The van der Waals surface area contributed by atoms with Gasteiger partial charge in [-0.2, -0.15) is 0 Å². The number of ether oxygens (including phenoxy) is 1. The van der Waals surface area contributed by atoms with Crippen molar-refractivity contribution in [2.45, 2.75) is 39.3 Å². The Hall–Kier alpha value is -1.43. The Morgan fingerprint density at radius 1 is 1.35 bits per heavy atom. The second kappa shape index (κ2) is 6.35. The lowest BCUT2D eigenvalue weighted by Gasteiger charge is -2.22. The summed E-state index contributed by atoms with van der Waals surface area (Å²) >= 11 is 3.00. The number of carbonyl (C=O) groups is 2. The highest BCUT2D eigenvalue weighted by atomic mass is 79.9. The zero-order chi connectivity index (χ0) is 15.5. The highest BCUT2D eigenvalue weighted by Crippen LogP contribution is 2.18. The van der Waals surface area contributed by atoms with E-state index in [-0.39, 0.29) is 10.0 Å². The van der Waals surface area contributed by atoms with Crippen molar-refractivity contribution in [1.29, 1.82) is 0 Å². The molecule has 1 amide bonds. The summed E-state index contributed by atoms with van der Waals surface area (Å²) in [6, 6.07) is 3.51. The van der Waals surface area contributed by atoms with Crippen molar-refractivity contribution in [1.82, 2.24) is 5.32 Å². The van der Waals surface area contributed by atoms with Crippen molar-refractivity contribution in [3.63, 3.8) is 0 Å². The molecule has 0 fully saturated rings. The van der Waals surface area contributed by atoms with E-state index in [1.54, 1.807) is 26.8 Å². The summed E-state index contributed by atoms with van der Waals surface area (Å²) in [6.45, 7) is 6.68. The van der Waals surface area contributed by atoms with Gasteiger partial charge in [0, 0.05) is 0 Å². The smallest absolute Gasteiger partial charge is 0.328 e. The van der Waals surface area contributed by atoms with Crippen molar-refractivity contribution in [3.05, 3.63) is 34.1 Å². The summed E-state index contributed by atoms with van der Waals surface area (Å²) in [5, 5.41) is 2.41. The van der Waals surface area contributed by atoms with Crippen LogP contribution in [0, 0.1) is 5.82 Å². The highest BCUT2D eigenvalue weighted by Gasteiger charge is 2.24. The molecule has 0 heterocycles. The molecule has 1 aromatic carbocycles. The van der Waals surface area contributed by atoms with Crippen LogP contribution in [-0.4, -0.2) is 23.5 Å². The molecule has 0 spiro atoms. The molecule has 0 aliphatic rings. The number of rotatable bonds is 3. The first-order chi connectivity index (χ1) is 9.11. The molecule has 20 heavy (non-hydrogen) atoms. The Balaban J connectivity index is 2.76. The van der Waals surface area contributed by atoms with Crippen molar-refractivity contribution >= 4 is 27.8 Å². The maximum atomic E-state index is 13.8. The van der Waals surface area contributed by atoms with Gasteiger partial charge in [-0.15, -0.1) is 0 Å². The predicted octanol–water partition coefficient (Wildman–Crippen LogP) is 3.05. The molecule has 6 heteroatoms. The van der Waals surface area contributed by atoms with Crippen molar-refractivity contribution in [3.8, 4) is 0 Å². The second-order valence-corrected chi connectivity index (χ2v) is 6.18. The Morgan fingerprint density at radius 3 is 2.50 bits per heavy atom. The van der Waals surface area contributed by atoms with Gasteiger partial charge in [0.1, 0.15) is 17.5 Å². The third-order valence-corrected chi connectivity index (χ3v) is 2.92. The average Bonchev–Trinajstić information content (AvgIpc) is 2.30. The van der Waals surface area contributed by atoms with Crippen LogP contribution in [0.4, 0.5) is 4.39 Å². The molecular weight excluding hydrogens is 329 g/mol. The minimum absolute atomic E-state index is 0.130. The Kier molecular flexibility index (Phi) is 5.28. The summed E-state index contributed by atoms with van der Waals surface area (Å²) in [5.41, 5.74) is -0.772. The van der Waals surface area contributed by atoms with Gasteiger partial charge >= 0.3 is 5.97 Å². The Morgan fingerprint density at radius 2 is 1.95 bits per heavy atom. The number of hydrogen-bond acceptors (Lipinski definition) is 3. The number of nitrogens with one attached hydrogen (secondary N) is 1. The van der Waals surface area contributed by atoms with E-state index in [2.05, 4.69) is 21.2 Å². The minimum atomic E-state index is -0.861. The summed E-state index contributed by atoms with van der Waals surface area (Å²) in [6.07, 6.45) is 0. The summed E-state index contributed by atoms with van der Waals surface area (Å²) in [7, 11) is 0. The van der Waals surface area contributed by atoms with Gasteiger partial charge in [0.05, 0.1) is 10.0 Å². The molecule has 0 saturated heterocycles. The second-order valence-electron chi connectivity index (χ2n) is 5.33. The first kappa shape index (κ1) is 16.6. The zero-order valence-corrected chi connectivity index (χ0v) is 13.4. The number of benzene rings is 1. The fraction of sp³-hybridized carbons (Fsp3) is 0.429. The SMILES string of the molecule is C[C@H](NC(=O)c1cccc(Br)c1F)C(=O)OC(C)(C)C. The van der Waals surface area contributed by atoms with E-state index < -0.39 is 29.3 Å². The summed E-state index contributed by atoms with van der Waals surface area (Å²) in [5.74, 6) is -1.90. The van der Waals surface area contributed by atoms with E-state index in [1.165, 1.54) is 19.1 Å². The summed E-state index contributed by atoms with van der Waals surface area (Å²) < 4.78 is 19.1. The largest absolute Gasteiger partial charge is 0.458 e. The number of esters is 1. The zero-order valence-electron chi connectivity index (χ0n) is 11.8. The molecule has 0 bridgehead atoms. The number of hydrogen-bond donors (Lipinski definition) is 1.